The lowest BCUT2D eigenvalue weighted by Crippen LogP contribution is -2.24. The Labute approximate surface area is 154 Å². The summed E-state index contributed by atoms with van der Waals surface area (Å²) in [5.41, 5.74) is 3.10. The molecule has 0 bridgehead atoms. The molecule has 1 amide bonds. The molecule has 1 aliphatic rings. The second kappa shape index (κ2) is 7.24. The van der Waals surface area contributed by atoms with Gasteiger partial charge < -0.3 is 15.2 Å². The summed E-state index contributed by atoms with van der Waals surface area (Å²) in [7, 11) is 0. The maximum Gasteiger partial charge on any atom is 0.276 e. The molecular formula is C19H17F2N5O. The van der Waals surface area contributed by atoms with Crippen LogP contribution >= 0.6 is 0 Å². The van der Waals surface area contributed by atoms with Crippen molar-refractivity contribution in [1.82, 2.24) is 19.9 Å². The lowest BCUT2D eigenvalue weighted by Gasteiger charge is -2.17. The number of rotatable bonds is 4. The van der Waals surface area contributed by atoms with Gasteiger partial charge >= 0.3 is 0 Å². The van der Waals surface area contributed by atoms with Crippen molar-refractivity contribution in [3.8, 4) is 0 Å². The molecule has 1 aliphatic heterocycles. The third kappa shape index (κ3) is 3.85. The summed E-state index contributed by atoms with van der Waals surface area (Å²) in [6, 6.07) is 5.57. The standard InChI is InChI=1S/C19H17F2N5O/c20-15-2-1-12(5-16(15)21)9-26-10-17(24-11-26)19(27)25-18-6-13-3-4-22-7-14(13)8-23-18/h1-2,5-6,8,10-11,22H,3-4,7,9H2,(H,23,25,27). The average molecular weight is 369 g/mol. The van der Waals surface area contributed by atoms with E-state index in [2.05, 4.69) is 20.6 Å². The zero-order valence-electron chi connectivity index (χ0n) is 14.4. The molecule has 1 aromatic carbocycles. The molecule has 138 valence electrons. The van der Waals surface area contributed by atoms with E-state index in [0.717, 1.165) is 37.2 Å². The van der Waals surface area contributed by atoms with Gasteiger partial charge in [-0.25, -0.2) is 18.7 Å². The Morgan fingerprint density at radius 2 is 2.07 bits per heavy atom. The minimum Gasteiger partial charge on any atom is -0.332 e. The first-order valence-corrected chi connectivity index (χ1v) is 8.54. The van der Waals surface area contributed by atoms with Crippen LogP contribution in [0.2, 0.25) is 0 Å². The van der Waals surface area contributed by atoms with Crippen molar-refractivity contribution >= 4 is 11.7 Å². The molecule has 0 spiro atoms. The van der Waals surface area contributed by atoms with Crippen LogP contribution in [-0.4, -0.2) is 27.0 Å². The molecule has 2 aromatic heterocycles. The number of nitrogens with zero attached hydrogens (tertiary/aromatic N) is 3. The topological polar surface area (TPSA) is 71.8 Å². The number of pyridine rings is 1. The first kappa shape index (κ1) is 17.3. The number of amides is 1. The van der Waals surface area contributed by atoms with Crippen LogP contribution < -0.4 is 10.6 Å². The number of imidazole rings is 1. The smallest absolute Gasteiger partial charge is 0.276 e. The first-order chi connectivity index (χ1) is 13.1. The molecule has 6 nitrogen and oxygen atoms in total. The fourth-order valence-corrected chi connectivity index (χ4v) is 3.02. The molecule has 0 aliphatic carbocycles. The van der Waals surface area contributed by atoms with E-state index in [9.17, 15) is 13.6 Å². The first-order valence-electron chi connectivity index (χ1n) is 8.54. The average Bonchev–Trinajstić information content (AvgIpc) is 3.13. The summed E-state index contributed by atoms with van der Waals surface area (Å²) in [6.07, 6.45) is 5.68. The van der Waals surface area contributed by atoms with E-state index in [-0.39, 0.29) is 18.1 Å². The van der Waals surface area contributed by atoms with Gasteiger partial charge in [-0.1, -0.05) is 6.07 Å². The lowest BCUT2D eigenvalue weighted by molar-refractivity contribution is 0.102. The van der Waals surface area contributed by atoms with E-state index >= 15 is 0 Å². The van der Waals surface area contributed by atoms with Gasteiger partial charge in [-0.15, -0.1) is 0 Å². The van der Waals surface area contributed by atoms with E-state index < -0.39 is 11.6 Å². The number of carbonyl (C=O) groups excluding carboxylic acids is 1. The molecule has 0 saturated carbocycles. The number of carbonyl (C=O) groups is 1. The van der Waals surface area contributed by atoms with Crippen molar-refractivity contribution in [3.05, 3.63) is 77.0 Å². The predicted molar refractivity (Wildman–Crippen MR) is 95.3 cm³/mol. The third-order valence-electron chi connectivity index (χ3n) is 4.43. The molecule has 3 aromatic rings. The van der Waals surface area contributed by atoms with Crippen molar-refractivity contribution in [2.75, 3.05) is 11.9 Å². The maximum absolute atomic E-state index is 13.3. The quantitative estimate of drug-likeness (QED) is 0.741. The summed E-state index contributed by atoms with van der Waals surface area (Å²) in [5, 5.41) is 6.02. The number of hydrogen-bond acceptors (Lipinski definition) is 4. The van der Waals surface area contributed by atoms with Crippen molar-refractivity contribution in [3.63, 3.8) is 0 Å². The van der Waals surface area contributed by atoms with Crippen LogP contribution in [0.3, 0.4) is 0 Å². The number of anilines is 1. The molecule has 8 heteroatoms. The van der Waals surface area contributed by atoms with Gasteiger partial charge in [0, 0.05) is 25.5 Å². The minimum atomic E-state index is -0.903. The van der Waals surface area contributed by atoms with Gasteiger partial charge in [-0.3, -0.25) is 4.79 Å². The second-order valence-corrected chi connectivity index (χ2v) is 6.40. The third-order valence-corrected chi connectivity index (χ3v) is 4.43. The largest absolute Gasteiger partial charge is 0.332 e. The highest BCUT2D eigenvalue weighted by molar-refractivity contribution is 6.02. The Bertz CT molecular complexity index is 1000. The summed E-state index contributed by atoms with van der Waals surface area (Å²) in [6.45, 7) is 1.96. The van der Waals surface area contributed by atoms with Gasteiger partial charge in [0.1, 0.15) is 11.5 Å². The van der Waals surface area contributed by atoms with Crippen molar-refractivity contribution in [2.45, 2.75) is 19.5 Å². The number of fused-ring (bicyclic) bond motifs is 1. The molecule has 0 radical (unpaired) electrons. The van der Waals surface area contributed by atoms with Crippen LogP contribution in [0.5, 0.6) is 0 Å². The van der Waals surface area contributed by atoms with E-state index in [0.29, 0.717) is 11.4 Å². The highest BCUT2D eigenvalue weighted by Crippen LogP contribution is 2.17. The van der Waals surface area contributed by atoms with Gasteiger partial charge in [0.15, 0.2) is 11.6 Å². The normalized spacial score (nSPS) is 13.3. The Kier molecular flexibility index (Phi) is 4.64. The van der Waals surface area contributed by atoms with E-state index in [4.69, 9.17) is 0 Å². The lowest BCUT2D eigenvalue weighted by atomic mass is 10.0. The Balaban J connectivity index is 1.44. The molecule has 0 saturated heterocycles. The Hall–Kier alpha value is -3.13. The molecule has 0 fully saturated rings. The van der Waals surface area contributed by atoms with Crippen molar-refractivity contribution in [2.24, 2.45) is 0 Å². The van der Waals surface area contributed by atoms with E-state index in [1.807, 2.05) is 6.07 Å². The molecule has 0 unspecified atom stereocenters. The van der Waals surface area contributed by atoms with Crippen LogP contribution in [0.25, 0.3) is 0 Å². The molecule has 2 N–H and O–H groups in total. The van der Waals surface area contributed by atoms with Crippen LogP contribution in [-0.2, 0) is 19.5 Å². The Morgan fingerprint density at radius 3 is 2.93 bits per heavy atom. The number of hydrogen-bond donors (Lipinski definition) is 2. The molecular weight excluding hydrogens is 352 g/mol. The number of halogens is 2. The SMILES string of the molecule is O=C(Nc1cc2c(cn1)CNCC2)c1cn(Cc2ccc(F)c(F)c2)cn1. The van der Waals surface area contributed by atoms with E-state index in [1.165, 1.54) is 18.0 Å². The van der Waals surface area contributed by atoms with Crippen molar-refractivity contribution in [1.29, 1.82) is 0 Å². The van der Waals surface area contributed by atoms with Gasteiger partial charge in [0.25, 0.3) is 5.91 Å². The number of nitrogens with one attached hydrogen (secondary N) is 2. The number of aromatic nitrogens is 3. The fourth-order valence-electron chi connectivity index (χ4n) is 3.02. The van der Waals surface area contributed by atoms with Crippen LogP contribution in [0.15, 0.2) is 43.0 Å². The van der Waals surface area contributed by atoms with Gasteiger partial charge in [0.2, 0.25) is 0 Å². The molecule has 0 atom stereocenters. The second-order valence-electron chi connectivity index (χ2n) is 6.40. The molecule has 3 heterocycles. The van der Waals surface area contributed by atoms with Crippen LogP contribution in [0, 0.1) is 11.6 Å². The monoisotopic (exact) mass is 369 g/mol. The van der Waals surface area contributed by atoms with Crippen LogP contribution in [0.1, 0.15) is 27.2 Å². The molecule has 4 rings (SSSR count). The van der Waals surface area contributed by atoms with Crippen molar-refractivity contribution < 1.29 is 13.6 Å². The highest BCUT2D eigenvalue weighted by atomic mass is 19.2. The highest BCUT2D eigenvalue weighted by Gasteiger charge is 2.14. The minimum absolute atomic E-state index is 0.221. The summed E-state index contributed by atoms with van der Waals surface area (Å²) in [5.74, 6) is -1.69. The summed E-state index contributed by atoms with van der Waals surface area (Å²) >= 11 is 0. The predicted octanol–water partition coefficient (Wildman–Crippen LogP) is 2.50. The zero-order valence-corrected chi connectivity index (χ0v) is 14.4. The number of benzene rings is 1. The zero-order chi connectivity index (χ0) is 18.8. The van der Waals surface area contributed by atoms with Gasteiger partial charge in [-0.05, 0) is 47.9 Å². The van der Waals surface area contributed by atoms with Gasteiger partial charge in [0.05, 0.1) is 6.33 Å². The maximum atomic E-state index is 13.3. The molecule has 27 heavy (non-hydrogen) atoms. The summed E-state index contributed by atoms with van der Waals surface area (Å²) < 4.78 is 27.9. The van der Waals surface area contributed by atoms with E-state index in [1.54, 1.807) is 17.0 Å². The van der Waals surface area contributed by atoms with Gasteiger partial charge in [-0.2, -0.15) is 0 Å². The van der Waals surface area contributed by atoms with Crippen LogP contribution in [0.4, 0.5) is 14.6 Å². The fraction of sp³-hybridized carbons (Fsp3) is 0.211. The summed E-state index contributed by atoms with van der Waals surface area (Å²) in [4.78, 5) is 20.7. The Morgan fingerprint density at radius 1 is 1.19 bits per heavy atom.